The van der Waals surface area contributed by atoms with Gasteiger partial charge in [-0.05, 0) is 42.5 Å². The first kappa shape index (κ1) is 13.3. The molecule has 2 aliphatic rings. The van der Waals surface area contributed by atoms with Crippen LogP contribution in [0.1, 0.15) is 43.6 Å². The minimum atomic E-state index is -0.762. The zero-order valence-electron chi connectivity index (χ0n) is 11.7. The number of rotatable bonds is 1. The second-order valence-corrected chi connectivity index (χ2v) is 6.04. The van der Waals surface area contributed by atoms with Crippen molar-refractivity contribution in [3.8, 4) is 5.75 Å². The topological polar surface area (TPSA) is 60.8 Å². The number of anilines is 1. The molecule has 1 aliphatic heterocycles. The molecule has 1 aliphatic carbocycles. The summed E-state index contributed by atoms with van der Waals surface area (Å²) in [6.07, 6.45) is 5.49. The summed E-state index contributed by atoms with van der Waals surface area (Å²) in [7, 11) is 2.05. The normalized spacial score (nSPS) is 29.2. The van der Waals surface area contributed by atoms with Gasteiger partial charge < -0.3 is 15.1 Å². The van der Waals surface area contributed by atoms with Crippen LogP contribution in [0.2, 0.25) is 0 Å². The molecular formula is C16H21NO3. The summed E-state index contributed by atoms with van der Waals surface area (Å²) in [4.78, 5) is 14.0. The van der Waals surface area contributed by atoms with Gasteiger partial charge in [-0.3, -0.25) is 4.79 Å². The van der Waals surface area contributed by atoms with Crippen LogP contribution < -0.4 is 4.90 Å². The zero-order chi connectivity index (χ0) is 14.3. The number of fused-ring (bicyclic) bond motifs is 2. The van der Waals surface area contributed by atoms with Gasteiger partial charge in [0.1, 0.15) is 5.75 Å². The minimum absolute atomic E-state index is 0.147. The second kappa shape index (κ2) is 5.00. The summed E-state index contributed by atoms with van der Waals surface area (Å²) in [5, 5.41) is 19.4. The fourth-order valence-electron chi connectivity index (χ4n) is 4.02. The molecule has 0 spiro atoms. The molecule has 1 heterocycles. The van der Waals surface area contributed by atoms with Crippen molar-refractivity contribution in [1.82, 2.24) is 0 Å². The first-order valence-corrected chi connectivity index (χ1v) is 7.38. The molecule has 3 unspecified atom stereocenters. The number of carboxylic acids is 1. The number of aromatic hydroxyl groups is 1. The Bertz CT molecular complexity index is 528. The number of aliphatic carboxylic acids is 1. The third-order valence-corrected chi connectivity index (χ3v) is 4.95. The quantitative estimate of drug-likeness (QED) is 0.827. The number of phenols is 1. The largest absolute Gasteiger partial charge is 0.508 e. The molecular weight excluding hydrogens is 254 g/mol. The van der Waals surface area contributed by atoms with E-state index in [9.17, 15) is 15.0 Å². The molecule has 0 saturated heterocycles. The van der Waals surface area contributed by atoms with Crippen LogP contribution in [0, 0.1) is 5.92 Å². The van der Waals surface area contributed by atoms with Gasteiger partial charge in [-0.15, -0.1) is 0 Å². The molecule has 4 nitrogen and oxygen atoms in total. The van der Waals surface area contributed by atoms with Crippen LogP contribution in [-0.4, -0.2) is 29.3 Å². The Balaban J connectivity index is 2.12. The van der Waals surface area contributed by atoms with Gasteiger partial charge in [0.2, 0.25) is 0 Å². The maximum absolute atomic E-state index is 11.8. The van der Waals surface area contributed by atoms with Crippen molar-refractivity contribution in [2.75, 3.05) is 11.9 Å². The van der Waals surface area contributed by atoms with E-state index in [0.717, 1.165) is 30.5 Å². The van der Waals surface area contributed by atoms with Crippen molar-refractivity contribution in [1.29, 1.82) is 0 Å². The molecule has 3 atom stereocenters. The first-order valence-electron chi connectivity index (χ1n) is 7.38. The van der Waals surface area contributed by atoms with Crippen molar-refractivity contribution in [2.45, 2.75) is 44.1 Å². The fraction of sp³-hybridized carbons (Fsp3) is 0.562. The van der Waals surface area contributed by atoms with Crippen LogP contribution >= 0.6 is 0 Å². The van der Waals surface area contributed by atoms with E-state index in [1.165, 1.54) is 12.8 Å². The van der Waals surface area contributed by atoms with Crippen molar-refractivity contribution in [2.24, 2.45) is 5.92 Å². The maximum Gasteiger partial charge on any atom is 0.311 e. The van der Waals surface area contributed by atoms with Gasteiger partial charge in [0.05, 0.1) is 5.92 Å². The molecule has 0 amide bonds. The molecule has 4 heteroatoms. The molecule has 0 aromatic heterocycles. The molecule has 0 radical (unpaired) electrons. The molecule has 1 aromatic rings. The van der Waals surface area contributed by atoms with Gasteiger partial charge >= 0.3 is 5.97 Å². The highest BCUT2D eigenvalue weighted by Gasteiger charge is 2.43. The summed E-state index contributed by atoms with van der Waals surface area (Å²) in [5.74, 6) is -0.956. The lowest BCUT2D eigenvalue weighted by Crippen LogP contribution is -2.46. The van der Waals surface area contributed by atoms with E-state index >= 15 is 0 Å². The number of nitrogens with zero attached hydrogens (tertiary/aromatic N) is 1. The first-order chi connectivity index (χ1) is 9.59. The number of phenolic OH excluding ortho intramolecular Hbond substituents is 1. The molecule has 2 N–H and O–H groups in total. The lowest BCUT2D eigenvalue weighted by molar-refractivity contribution is -0.140. The lowest BCUT2D eigenvalue weighted by atomic mass is 9.74. The van der Waals surface area contributed by atoms with E-state index in [-0.39, 0.29) is 11.7 Å². The standard InChI is InChI=1S/C16H21NO3/c1-17-13-6-4-2-3-5-11(13)15(16(19)20)12-9-10(18)7-8-14(12)17/h7-9,11,13,15,18H,2-6H2,1H3,(H,19,20). The third kappa shape index (κ3) is 2.03. The zero-order valence-corrected chi connectivity index (χ0v) is 11.7. The highest BCUT2D eigenvalue weighted by Crippen LogP contribution is 2.47. The number of benzene rings is 1. The van der Waals surface area contributed by atoms with Gasteiger partial charge in [-0.2, -0.15) is 0 Å². The van der Waals surface area contributed by atoms with Gasteiger partial charge in [0.15, 0.2) is 0 Å². The Labute approximate surface area is 119 Å². The van der Waals surface area contributed by atoms with E-state index in [2.05, 4.69) is 11.9 Å². The Hall–Kier alpha value is -1.71. The molecule has 108 valence electrons. The molecule has 1 fully saturated rings. The van der Waals surface area contributed by atoms with E-state index in [4.69, 9.17) is 0 Å². The van der Waals surface area contributed by atoms with E-state index in [1.807, 2.05) is 6.07 Å². The van der Waals surface area contributed by atoms with E-state index in [1.54, 1.807) is 12.1 Å². The maximum atomic E-state index is 11.8. The highest BCUT2D eigenvalue weighted by molar-refractivity contribution is 5.81. The van der Waals surface area contributed by atoms with Crippen LogP contribution in [0.3, 0.4) is 0 Å². The molecule has 3 rings (SSSR count). The monoisotopic (exact) mass is 275 g/mol. The van der Waals surface area contributed by atoms with E-state index in [0.29, 0.717) is 6.04 Å². The number of carboxylic acid groups (broad SMARTS) is 1. The van der Waals surface area contributed by atoms with E-state index < -0.39 is 11.9 Å². The fourth-order valence-corrected chi connectivity index (χ4v) is 4.02. The smallest absolute Gasteiger partial charge is 0.311 e. The van der Waals surface area contributed by atoms with Gasteiger partial charge in [0, 0.05) is 18.8 Å². The SMILES string of the molecule is CN1c2ccc(O)cc2C(C(=O)O)C2CCCCCC21. The Morgan fingerprint density at radius 2 is 2.00 bits per heavy atom. The average molecular weight is 275 g/mol. The van der Waals surface area contributed by atoms with Crippen molar-refractivity contribution >= 4 is 11.7 Å². The van der Waals surface area contributed by atoms with Crippen LogP contribution in [0.5, 0.6) is 5.75 Å². The summed E-state index contributed by atoms with van der Waals surface area (Å²) in [5.41, 5.74) is 1.72. The predicted molar refractivity (Wildman–Crippen MR) is 77.2 cm³/mol. The third-order valence-electron chi connectivity index (χ3n) is 4.95. The Morgan fingerprint density at radius 3 is 2.75 bits per heavy atom. The second-order valence-electron chi connectivity index (χ2n) is 6.04. The van der Waals surface area contributed by atoms with Crippen LogP contribution in [0.15, 0.2) is 18.2 Å². The van der Waals surface area contributed by atoms with Crippen molar-refractivity contribution in [3.63, 3.8) is 0 Å². The van der Waals surface area contributed by atoms with Crippen LogP contribution in [0.4, 0.5) is 5.69 Å². The van der Waals surface area contributed by atoms with Gasteiger partial charge in [-0.1, -0.05) is 19.3 Å². The predicted octanol–water partition coefficient (Wildman–Crippen LogP) is 2.96. The Morgan fingerprint density at radius 1 is 1.25 bits per heavy atom. The lowest BCUT2D eigenvalue weighted by Gasteiger charge is -2.44. The number of hydrogen-bond acceptors (Lipinski definition) is 3. The van der Waals surface area contributed by atoms with Crippen LogP contribution in [-0.2, 0) is 4.79 Å². The summed E-state index contributed by atoms with van der Waals surface area (Å²) in [6, 6.07) is 5.43. The molecule has 0 bridgehead atoms. The highest BCUT2D eigenvalue weighted by atomic mass is 16.4. The number of hydrogen-bond donors (Lipinski definition) is 2. The van der Waals surface area contributed by atoms with Crippen molar-refractivity contribution < 1.29 is 15.0 Å². The van der Waals surface area contributed by atoms with Crippen molar-refractivity contribution in [3.05, 3.63) is 23.8 Å². The molecule has 20 heavy (non-hydrogen) atoms. The summed E-state index contributed by atoms with van der Waals surface area (Å²) >= 11 is 0. The molecule has 1 saturated carbocycles. The molecule has 1 aromatic carbocycles. The minimum Gasteiger partial charge on any atom is -0.508 e. The van der Waals surface area contributed by atoms with Gasteiger partial charge in [-0.25, -0.2) is 0 Å². The summed E-state index contributed by atoms with van der Waals surface area (Å²) < 4.78 is 0. The van der Waals surface area contributed by atoms with Crippen LogP contribution in [0.25, 0.3) is 0 Å². The number of carbonyl (C=O) groups is 1. The average Bonchev–Trinajstić information content (AvgIpc) is 2.64. The van der Waals surface area contributed by atoms with Gasteiger partial charge in [0.25, 0.3) is 0 Å². The summed E-state index contributed by atoms with van der Waals surface area (Å²) in [6.45, 7) is 0. The Kier molecular flexibility index (Phi) is 3.32.